The molecule has 0 saturated carbocycles. The fourth-order valence-corrected chi connectivity index (χ4v) is 6.25. The first-order valence-electron chi connectivity index (χ1n) is 9.64. The minimum Gasteiger partial charge on any atom is -0.435 e. The highest BCUT2D eigenvalue weighted by molar-refractivity contribution is 7.89. The summed E-state index contributed by atoms with van der Waals surface area (Å²) >= 11 is 0. The quantitative estimate of drug-likeness (QED) is 0.668. The largest absolute Gasteiger partial charge is 0.435 e. The number of nitrogens with zero attached hydrogens (tertiary/aromatic N) is 1. The van der Waals surface area contributed by atoms with E-state index in [2.05, 4.69) is 17.0 Å². The Morgan fingerprint density at radius 3 is 2.32 bits per heavy atom. The van der Waals surface area contributed by atoms with Gasteiger partial charge in [0.25, 0.3) is 0 Å². The molecule has 158 valence electrons. The second kappa shape index (κ2) is 9.02. The van der Waals surface area contributed by atoms with E-state index in [9.17, 15) is 17.2 Å². The summed E-state index contributed by atoms with van der Waals surface area (Å²) in [5, 5.41) is 3.60. The van der Waals surface area contributed by atoms with Crippen LogP contribution in [0.4, 0.5) is 8.78 Å². The molecule has 6 nitrogen and oxygen atoms in total. The molecule has 3 unspecified atom stereocenters. The lowest BCUT2D eigenvalue weighted by Crippen LogP contribution is -2.52. The van der Waals surface area contributed by atoms with Gasteiger partial charge in [0.15, 0.2) is 0 Å². The Hall–Kier alpha value is -1.29. The van der Waals surface area contributed by atoms with Gasteiger partial charge in [-0.15, -0.1) is 0 Å². The van der Waals surface area contributed by atoms with Crippen LogP contribution in [0, 0.1) is 0 Å². The van der Waals surface area contributed by atoms with Crippen LogP contribution in [0.5, 0.6) is 5.75 Å². The van der Waals surface area contributed by atoms with Crippen LogP contribution in [-0.4, -0.2) is 57.2 Å². The van der Waals surface area contributed by atoms with E-state index in [1.807, 2.05) is 0 Å². The van der Waals surface area contributed by atoms with Crippen LogP contribution in [0.3, 0.4) is 0 Å². The van der Waals surface area contributed by atoms with E-state index >= 15 is 0 Å². The standard InChI is InChI=1S/C19H28F2N2O4S/c1-13(9-10-26-2)22-14-11-15-3-4-16(12-14)23(15)28(24,25)18-7-5-17(6-8-18)27-19(20)21/h5-8,13-16,19,22H,3-4,9-12H2,1-2H3. The average Bonchev–Trinajstić information content (AvgIpc) is 2.92. The molecule has 2 aliphatic heterocycles. The van der Waals surface area contributed by atoms with Crippen molar-refractivity contribution in [3.05, 3.63) is 24.3 Å². The van der Waals surface area contributed by atoms with Crippen molar-refractivity contribution in [2.75, 3.05) is 13.7 Å². The van der Waals surface area contributed by atoms with Gasteiger partial charge in [-0.3, -0.25) is 0 Å². The van der Waals surface area contributed by atoms with Crippen molar-refractivity contribution in [1.82, 2.24) is 9.62 Å². The summed E-state index contributed by atoms with van der Waals surface area (Å²) < 4.78 is 61.9. The van der Waals surface area contributed by atoms with Crippen molar-refractivity contribution in [3.8, 4) is 5.75 Å². The summed E-state index contributed by atoms with van der Waals surface area (Å²) in [6.45, 7) is -0.122. The van der Waals surface area contributed by atoms with E-state index in [-0.39, 0.29) is 28.8 Å². The predicted molar refractivity (Wildman–Crippen MR) is 101 cm³/mol. The molecule has 0 aromatic heterocycles. The summed E-state index contributed by atoms with van der Waals surface area (Å²) in [6, 6.07) is 5.75. The van der Waals surface area contributed by atoms with Crippen LogP contribution in [-0.2, 0) is 14.8 Å². The summed E-state index contributed by atoms with van der Waals surface area (Å²) in [5.74, 6) is -0.0510. The first-order chi connectivity index (χ1) is 13.3. The third-order valence-electron chi connectivity index (χ3n) is 5.57. The van der Waals surface area contributed by atoms with Gasteiger partial charge in [-0.1, -0.05) is 0 Å². The van der Waals surface area contributed by atoms with Crippen molar-refractivity contribution in [1.29, 1.82) is 0 Å². The Labute approximate surface area is 165 Å². The van der Waals surface area contributed by atoms with Crippen molar-refractivity contribution in [3.63, 3.8) is 0 Å². The van der Waals surface area contributed by atoms with Gasteiger partial charge in [-0.25, -0.2) is 8.42 Å². The van der Waals surface area contributed by atoms with Crippen molar-refractivity contribution in [2.45, 2.75) is 74.7 Å². The van der Waals surface area contributed by atoms with Gasteiger partial charge in [-0.05, 0) is 63.3 Å². The van der Waals surface area contributed by atoms with Crippen LogP contribution in [0.25, 0.3) is 0 Å². The minimum atomic E-state index is -3.67. The number of sulfonamides is 1. The Balaban J connectivity index is 1.67. The van der Waals surface area contributed by atoms with Gasteiger partial charge in [0.05, 0.1) is 4.90 Å². The summed E-state index contributed by atoms with van der Waals surface area (Å²) in [6.07, 6.45) is 4.17. The number of piperidine rings is 1. The summed E-state index contributed by atoms with van der Waals surface area (Å²) in [4.78, 5) is 0.117. The first kappa shape index (κ1) is 21.4. The Morgan fingerprint density at radius 1 is 1.18 bits per heavy atom. The molecule has 3 rings (SSSR count). The number of nitrogens with one attached hydrogen (secondary N) is 1. The van der Waals surface area contributed by atoms with E-state index < -0.39 is 16.6 Å². The maximum Gasteiger partial charge on any atom is 0.387 e. The molecule has 2 heterocycles. The molecule has 2 saturated heterocycles. The number of hydrogen-bond acceptors (Lipinski definition) is 5. The highest BCUT2D eigenvalue weighted by atomic mass is 32.2. The van der Waals surface area contributed by atoms with E-state index in [0.29, 0.717) is 12.6 Å². The third kappa shape index (κ3) is 4.82. The zero-order valence-corrected chi connectivity index (χ0v) is 17.0. The van der Waals surface area contributed by atoms with E-state index in [0.717, 1.165) is 32.1 Å². The van der Waals surface area contributed by atoms with E-state index in [1.165, 1.54) is 24.3 Å². The molecule has 2 aliphatic rings. The van der Waals surface area contributed by atoms with Crippen molar-refractivity contribution < 1.29 is 26.7 Å². The van der Waals surface area contributed by atoms with Crippen molar-refractivity contribution in [2.24, 2.45) is 0 Å². The normalized spacial score (nSPS) is 26.5. The highest BCUT2D eigenvalue weighted by Gasteiger charge is 2.47. The molecule has 1 N–H and O–H groups in total. The minimum absolute atomic E-state index is 0.0344. The van der Waals surface area contributed by atoms with Gasteiger partial charge < -0.3 is 14.8 Å². The summed E-state index contributed by atoms with van der Waals surface area (Å²) in [5.41, 5.74) is 0. The molecule has 0 radical (unpaired) electrons. The topological polar surface area (TPSA) is 67.9 Å². The number of alkyl halides is 2. The molecule has 0 spiro atoms. The molecule has 2 bridgehead atoms. The number of methoxy groups -OCH3 is 1. The fourth-order valence-electron chi connectivity index (χ4n) is 4.36. The lowest BCUT2D eigenvalue weighted by atomic mass is 9.98. The van der Waals surface area contributed by atoms with Crippen LogP contribution < -0.4 is 10.1 Å². The molecule has 1 aromatic carbocycles. The first-order valence-corrected chi connectivity index (χ1v) is 11.1. The molecule has 9 heteroatoms. The number of rotatable bonds is 9. The lowest BCUT2D eigenvalue weighted by molar-refractivity contribution is -0.0498. The molecule has 0 aliphatic carbocycles. The predicted octanol–water partition coefficient (Wildman–Crippen LogP) is 2.99. The van der Waals surface area contributed by atoms with Crippen LogP contribution >= 0.6 is 0 Å². The average molecular weight is 419 g/mol. The summed E-state index contributed by atoms with van der Waals surface area (Å²) in [7, 11) is -1.98. The fraction of sp³-hybridized carbons (Fsp3) is 0.684. The van der Waals surface area contributed by atoms with Crippen LogP contribution in [0.1, 0.15) is 39.0 Å². The second-order valence-electron chi connectivity index (χ2n) is 7.59. The Kier molecular flexibility index (Phi) is 6.90. The number of hydrogen-bond donors (Lipinski definition) is 1. The maximum atomic E-state index is 13.2. The van der Waals surface area contributed by atoms with Gasteiger partial charge in [0.1, 0.15) is 5.75 Å². The smallest absolute Gasteiger partial charge is 0.387 e. The number of ether oxygens (including phenoxy) is 2. The van der Waals surface area contributed by atoms with Gasteiger partial charge in [0.2, 0.25) is 10.0 Å². The molecule has 28 heavy (non-hydrogen) atoms. The molecular weight excluding hydrogens is 390 g/mol. The molecule has 1 aromatic rings. The second-order valence-corrected chi connectivity index (χ2v) is 9.43. The van der Waals surface area contributed by atoms with E-state index in [4.69, 9.17) is 4.74 Å². The maximum absolute atomic E-state index is 13.2. The molecular formula is C19H28F2N2O4S. The van der Waals surface area contributed by atoms with Gasteiger partial charge in [-0.2, -0.15) is 13.1 Å². The van der Waals surface area contributed by atoms with Crippen LogP contribution in [0.15, 0.2) is 29.2 Å². The number of halogens is 2. The Morgan fingerprint density at radius 2 is 1.79 bits per heavy atom. The van der Waals surface area contributed by atoms with Crippen LogP contribution in [0.2, 0.25) is 0 Å². The molecule has 3 atom stereocenters. The van der Waals surface area contributed by atoms with E-state index in [1.54, 1.807) is 11.4 Å². The third-order valence-corrected chi connectivity index (χ3v) is 7.58. The lowest BCUT2D eigenvalue weighted by Gasteiger charge is -2.39. The SMILES string of the molecule is COCCC(C)NC1CC2CCC(C1)N2S(=O)(=O)c1ccc(OC(F)F)cc1. The number of benzene rings is 1. The molecule has 2 fully saturated rings. The highest BCUT2D eigenvalue weighted by Crippen LogP contribution is 2.40. The van der Waals surface area contributed by atoms with Gasteiger partial charge >= 0.3 is 6.61 Å². The number of fused-ring (bicyclic) bond motifs is 2. The molecule has 0 amide bonds. The zero-order chi connectivity index (χ0) is 20.3. The van der Waals surface area contributed by atoms with Crippen molar-refractivity contribution >= 4 is 10.0 Å². The Bertz CT molecular complexity index is 731. The monoisotopic (exact) mass is 418 g/mol. The zero-order valence-electron chi connectivity index (χ0n) is 16.2. The van der Waals surface area contributed by atoms with Gasteiger partial charge in [0, 0.05) is 37.9 Å².